The summed E-state index contributed by atoms with van der Waals surface area (Å²) in [6.45, 7) is 7.00. The molecule has 0 heterocycles. The van der Waals surface area contributed by atoms with Crippen LogP contribution in [0.25, 0.3) is 0 Å². The van der Waals surface area contributed by atoms with Crippen LogP contribution >= 0.6 is 11.6 Å². The van der Waals surface area contributed by atoms with Gasteiger partial charge in [0.05, 0.1) is 17.2 Å². The summed E-state index contributed by atoms with van der Waals surface area (Å²) in [7, 11) is 0. The first-order valence-corrected chi connectivity index (χ1v) is 5.83. The van der Waals surface area contributed by atoms with Gasteiger partial charge in [-0.3, -0.25) is 0 Å². The molecule has 0 saturated heterocycles. The minimum atomic E-state index is -1.03. The molecule has 0 atom stereocenters. The maximum Gasteiger partial charge on any atom is 0.337 e. The van der Waals surface area contributed by atoms with Crippen LogP contribution in [0.2, 0.25) is 5.02 Å². The average Bonchev–Trinajstić information content (AvgIpc) is 2.15. The Labute approximate surface area is 106 Å². The summed E-state index contributed by atoms with van der Waals surface area (Å²) in [6.07, 6.45) is 0.922. The Morgan fingerprint density at radius 1 is 1.41 bits per heavy atom. The first kappa shape index (κ1) is 13.8. The minimum absolute atomic E-state index is 0.0924. The Morgan fingerprint density at radius 3 is 2.53 bits per heavy atom. The molecule has 0 bridgehead atoms. The maximum atomic E-state index is 10.8. The van der Waals surface area contributed by atoms with Crippen molar-refractivity contribution in [3.8, 4) is 5.75 Å². The van der Waals surface area contributed by atoms with Gasteiger partial charge in [0.1, 0.15) is 5.75 Å². The van der Waals surface area contributed by atoms with E-state index in [1.54, 1.807) is 6.07 Å². The monoisotopic (exact) mass is 256 g/mol. The number of halogens is 1. The molecule has 1 aromatic rings. The smallest absolute Gasteiger partial charge is 0.337 e. The second-order valence-corrected chi connectivity index (χ2v) is 5.51. The SMILES string of the molecule is CC(C)(C)CCOc1ccc(C(=O)O)c(Cl)c1. The topological polar surface area (TPSA) is 46.5 Å². The van der Waals surface area contributed by atoms with E-state index in [9.17, 15) is 4.79 Å². The first-order chi connectivity index (χ1) is 7.79. The third-order valence-electron chi connectivity index (χ3n) is 2.29. The molecule has 94 valence electrons. The molecule has 0 amide bonds. The van der Waals surface area contributed by atoms with Gasteiger partial charge in [-0.2, -0.15) is 0 Å². The molecule has 0 aliphatic carbocycles. The largest absolute Gasteiger partial charge is 0.494 e. The quantitative estimate of drug-likeness (QED) is 0.890. The normalized spacial score (nSPS) is 11.3. The van der Waals surface area contributed by atoms with E-state index in [0.717, 1.165) is 6.42 Å². The molecule has 0 saturated carbocycles. The summed E-state index contributed by atoms with van der Waals surface area (Å²) < 4.78 is 5.52. The zero-order valence-electron chi connectivity index (χ0n) is 10.3. The zero-order valence-corrected chi connectivity index (χ0v) is 11.0. The van der Waals surface area contributed by atoms with Crippen molar-refractivity contribution in [3.05, 3.63) is 28.8 Å². The Balaban J connectivity index is 2.62. The van der Waals surface area contributed by atoms with E-state index in [-0.39, 0.29) is 16.0 Å². The molecule has 4 heteroatoms. The van der Waals surface area contributed by atoms with E-state index in [0.29, 0.717) is 12.4 Å². The predicted molar refractivity (Wildman–Crippen MR) is 68.0 cm³/mol. The number of hydrogen-bond donors (Lipinski definition) is 1. The Kier molecular flexibility index (Phi) is 4.40. The molecule has 0 spiro atoms. The molecular weight excluding hydrogens is 240 g/mol. The summed E-state index contributed by atoms with van der Waals surface area (Å²) in [4.78, 5) is 10.8. The second-order valence-electron chi connectivity index (χ2n) is 5.11. The van der Waals surface area contributed by atoms with Crippen molar-refractivity contribution in [2.75, 3.05) is 6.61 Å². The number of carboxylic acids is 1. The number of benzene rings is 1. The summed E-state index contributed by atoms with van der Waals surface area (Å²) >= 11 is 5.83. The van der Waals surface area contributed by atoms with E-state index >= 15 is 0 Å². The van der Waals surface area contributed by atoms with Crippen LogP contribution in [0.15, 0.2) is 18.2 Å². The van der Waals surface area contributed by atoms with Crippen LogP contribution in [-0.4, -0.2) is 17.7 Å². The van der Waals surface area contributed by atoms with Crippen LogP contribution in [0.5, 0.6) is 5.75 Å². The number of rotatable bonds is 4. The minimum Gasteiger partial charge on any atom is -0.494 e. The Morgan fingerprint density at radius 2 is 2.06 bits per heavy atom. The lowest BCUT2D eigenvalue weighted by molar-refractivity contribution is 0.0697. The lowest BCUT2D eigenvalue weighted by Gasteiger charge is -2.18. The third-order valence-corrected chi connectivity index (χ3v) is 2.60. The fourth-order valence-corrected chi connectivity index (χ4v) is 1.49. The van der Waals surface area contributed by atoms with Crippen LogP contribution in [0.1, 0.15) is 37.6 Å². The molecular formula is C13H17ClO3. The van der Waals surface area contributed by atoms with Gasteiger partial charge < -0.3 is 9.84 Å². The van der Waals surface area contributed by atoms with E-state index < -0.39 is 5.97 Å². The fraction of sp³-hybridized carbons (Fsp3) is 0.462. The van der Waals surface area contributed by atoms with Gasteiger partial charge in [-0.25, -0.2) is 4.79 Å². The van der Waals surface area contributed by atoms with Gasteiger partial charge in [0.2, 0.25) is 0 Å². The zero-order chi connectivity index (χ0) is 13.1. The highest BCUT2D eigenvalue weighted by Gasteiger charge is 2.12. The highest BCUT2D eigenvalue weighted by atomic mass is 35.5. The highest BCUT2D eigenvalue weighted by molar-refractivity contribution is 6.33. The summed E-state index contributed by atoms with van der Waals surface area (Å²) in [5.74, 6) is -0.430. The number of hydrogen-bond acceptors (Lipinski definition) is 2. The van der Waals surface area contributed by atoms with Gasteiger partial charge >= 0.3 is 5.97 Å². The fourth-order valence-electron chi connectivity index (χ4n) is 1.23. The molecule has 17 heavy (non-hydrogen) atoms. The molecule has 1 N–H and O–H groups in total. The van der Waals surface area contributed by atoms with Gasteiger partial charge in [0.15, 0.2) is 0 Å². The standard InChI is InChI=1S/C13H17ClO3/c1-13(2,3)6-7-17-9-4-5-10(12(15)16)11(14)8-9/h4-5,8H,6-7H2,1-3H3,(H,15,16). The maximum absolute atomic E-state index is 10.8. The van der Waals surface area contributed by atoms with Crippen molar-refractivity contribution < 1.29 is 14.6 Å². The van der Waals surface area contributed by atoms with Gasteiger partial charge in [0, 0.05) is 0 Å². The van der Waals surface area contributed by atoms with Crippen LogP contribution in [-0.2, 0) is 0 Å². The summed E-state index contributed by atoms with van der Waals surface area (Å²) in [5, 5.41) is 9.01. The van der Waals surface area contributed by atoms with Crippen molar-refractivity contribution in [3.63, 3.8) is 0 Å². The van der Waals surface area contributed by atoms with E-state index in [4.69, 9.17) is 21.4 Å². The summed E-state index contributed by atoms with van der Waals surface area (Å²) in [6, 6.07) is 4.61. The van der Waals surface area contributed by atoms with E-state index in [1.165, 1.54) is 12.1 Å². The van der Waals surface area contributed by atoms with Crippen molar-refractivity contribution in [1.82, 2.24) is 0 Å². The van der Waals surface area contributed by atoms with Gasteiger partial charge in [-0.1, -0.05) is 32.4 Å². The average molecular weight is 257 g/mol. The molecule has 0 fully saturated rings. The molecule has 3 nitrogen and oxygen atoms in total. The van der Waals surface area contributed by atoms with Crippen molar-refractivity contribution in [2.24, 2.45) is 5.41 Å². The van der Waals surface area contributed by atoms with Crippen molar-refractivity contribution in [1.29, 1.82) is 0 Å². The van der Waals surface area contributed by atoms with Crippen LogP contribution in [0.3, 0.4) is 0 Å². The predicted octanol–water partition coefficient (Wildman–Crippen LogP) is 3.85. The molecule has 0 aliphatic rings. The van der Waals surface area contributed by atoms with Crippen molar-refractivity contribution in [2.45, 2.75) is 27.2 Å². The van der Waals surface area contributed by atoms with Crippen LogP contribution < -0.4 is 4.74 Å². The van der Waals surface area contributed by atoms with Crippen LogP contribution in [0.4, 0.5) is 0 Å². The lowest BCUT2D eigenvalue weighted by atomic mass is 9.93. The first-order valence-electron chi connectivity index (χ1n) is 5.45. The molecule has 1 rings (SSSR count). The molecule has 1 aromatic carbocycles. The number of ether oxygens (including phenoxy) is 1. The number of carboxylic acid groups (broad SMARTS) is 1. The third kappa shape index (κ3) is 4.65. The van der Waals surface area contributed by atoms with Gasteiger partial charge in [-0.05, 0) is 30.0 Å². The lowest BCUT2D eigenvalue weighted by Crippen LogP contribution is -2.11. The molecule has 0 aliphatic heterocycles. The van der Waals surface area contributed by atoms with Crippen molar-refractivity contribution >= 4 is 17.6 Å². The van der Waals surface area contributed by atoms with E-state index in [1.807, 2.05) is 0 Å². The number of aromatic carboxylic acids is 1. The van der Waals surface area contributed by atoms with Gasteiger partial charge in [-0.15, -0.1) is 0 Å². The Bertz CT molecular complexity index is 408. The number of carbonyl (C=O) groups is 1. The highest BCUT2D eigenvalue weighted by Crippen LogP contribution is 2.24. The molecule has 0 radical (unpaired) electrons. The molecule has 0 unspecified atom stereocenters. The van der Waals surface area contributed by atoms with E-state index in [2.05, 4.69) is 20.8 Å². The van der Waals surface area contributed by atoms with Gasteiger partial charge in [0.25, 0.3) is 0 Å². The molecule has 0 aromatic heterocycles. The summed E-state index contributed by atoms with van der Waals surface area (Å²) in [5.41, 5.74) is 0.306. The van der Waals surface area contributed by atoms with Crippen LogP contribution in [0, 0.1) is 5.41 Å². The second kappa shape index (κ2) is 5.41. The Hall–Kier alpha value is -1.22.